The first-order chi connectivity index (χ1) is 7.74. The van der Waals surface area contributed by atoms with Gasteiger partial charge in [-0.25, -0.2) is 0 Å². The standard InChI is InChI=1S/C10H12N4OS/c1-8(9-4-2-3-5-11-9)13-14-10(16)12-6-7-15/h2-7,15H,1H3,(H2,12,14,16)/b7-6?,13-8+. The molecular formula is C10H12N4OS. The van der Waals surface area contributed by atoms with E-state index in [2.05, 4.69) is 20.8 Å². The third-order valence-electron chi connectivity index (χ3n) is 1.65. The smallest absolute Gasteiger partial charge is 0.191 e. The van der Waals surface area contributed by atoms with E-state index in [0.717, 1.165) is 17.7 Å². The van der Waals surface area contributed by atoms with Crippen LogP contribution >= 0.6 is 12.2 Å². The fraction of sp³-hybridized carbons (Fsp3) is 0.100. The van der Waals surface area contributed by atoms with Gasteiger partial charge in [-0.3, -0.25) is 10.4 Å². The highest BCUT2D eigenvalue weighted by molar-refractivity contribution is 7.80. The van der Waals surface area contributed by atoms with Crippen molar-refractivity contribution in [1.29, 1.82) is 0 Å². The highest BCUT2D eigenvalue weighted by atomic mass is 32.1. The van der Waals surface area contributed by atoms with Gasteiger partial charge in [-0.1, -0.05) is 6.07 Å². The third kappa shape index (κ3) is 4.05. The van der Waals surface area contributed by atoms with Gasteiger partial charge < -0.3 is 10.4 Å². The molecule has 0 aromatic carbocycles. The maximum absolute atomic E-state index is 8.39. The molecular weight excluding hydrogens is 224 g/mol. The Labute approximate surface area is 98.9 Å². The molecule has 0 spiro atoms. The largest absolute Gasteiger partial charge is 0.514 e. The number of aromatic nitrogens is 1. The minimum absolute atomic E-state index is 0.292. The van der Waals surface area contributed by atoms with Gasteiger partial charge in [0, 0.05) is 12.4 Å². The van der Waals surface area contributed by atoms with Gasteiger partial charge in [0.05, 0.1) is 17.7 Å². The first-order valence-corrected chi connectivity index (χ1v) is 4.96. The van der Waals surface area contributed by atoms with E-state index in [4.69, 9.17) is 17.3 Å². The monoisotopic (exact) mass is 236 g/mol. The maximum atomic E-state index is 8.39. The van der Waals surface area contributed by atoms with Crippen LogP contribution in [0.1, 0.15) is 12.6 Å². The minimum Gasteiger partial charge on any atom is -0.514 e. The molecule has 0 saturated heterocycles. The molecule has 3 N–H and O–H groups in total. The number of aliphatic hydroxyl groups is 1. The van der Waals surface area contributed by atoms with Gasteiger partial charge in [-0.15, -0.1) is 0 Å². The third-order valence-corrected chi connectivity index (χ3v) is 1.86. The van der Waals surface area contributed by atoms with Gasteiger partial charge in [-0.2, -0.15) is 5.10 Å². The predicted molar refractivity (Wildman–Crippen MR) is 67.1 cm³/mol. The molecule has 1 rings (SSSR count). The van der Waals surface area contributed by atoms with E-state index in [1.165, 1.54) is 6.20 Å². The van der Waals surface area contributed by atoms with Gasteiger partial charge in [0.15, 0.2) is 5.11 Å². The van der Waals surface area contributed by atoms with Crippen LogP contribution in [-0.2, 0) is 0 Å². The van der Waals surface area contributed by atoms with Crippen molar-refractivity contribution >= 4 is 23.0 Å². The second-order valence-corrected chi connectivity index (χ2v) is 3.22. The minimum atomic E-state index is 0.292. The van der Waals surface area contributed by atoms with E-state index < -0.39 is 0 Å². The van der Waals surface area contributed by atoms with Crippen molar-refractivity contribution in [3.63, 3.8) is 0 Å². The molecule has 0 fully saturated rings. The Kier molecular flexibility index (Phi) is 4.94. The fourth-order valence-electron chi connectivity index (χ4n) is 0.914. The molecule has 0 saturated carbocycles. The van der Waals surface area contributed by atoms with E-state index >= 15 is 0 Å². The van der Waals surface area contributed by atoms with Crippen LogP contribution in [-0.4, -0.2) is 20.9 Å². The average Bonchev–Trinajstić information content (AvgIpc) is 2.34. The van der Waals surface area contributed by atoms with Crippen LogP contribution in [0.3, 0.4) is 0 Å². The summed E-state index contributed by atoms with van der Waals surface area (Å²) < 4.78 is 0. The van der Waals surface area contributed by atoms with Gasteiger partial charge in [0.25, 0.3) is 0 Å². The zero-order valence-corrected chi connectivity index (χ0v) is 9.53. The summed E-state index contributed by atoms with van der Waals surface area (Å²) in [6.45, 7) is 1.82. The number of pyridine rings is 1. The summed E-state index contributed by atoms with van der Waals surface area (Å²) in [6, 6.07) is 5.57. The summed E-state index contributed by atoms with van der Waals surface area (Å²) >= 11 is 4.88. The lowest BCUT2D eigenvalue weighted by molar-refractivity contribution is 0.470. The quantitative estimate of drug-likeness (QED) is 0.319. The van der Waals surface area contributed by atoms with Gasteiger partial charge in [0.2, 0.25) is 0 Å². The van der Waals surface area contributed by atoms with Crippen LogP contribution in [0.4, 0.5) is 0 Å². The van der Waals surface area contributed by atoms with E-state index in [1.54, 1.807) is 6.20 Å². The fourth-order valence-corrected chi connectivity index (χ4v) is 1.03. The molecule has 0 aliphatic carbocycles. The van der Waals surface area contributed by atoms with E-state index in [-0.39, 0.29) is 0 Å². The lowest BCUT2D eigenvalue weighted by atomic mass is 10.3. The molecule has 0 amide bonds. The number of rotatable bonds is 3. The summed E-state index contributed by atoms with van der Waals surface area (Å²) in [4.78, 5) is 4.13. The van der Waals surface area contributed by atoms with E-state index in [0.29, 0.717) is 5.11 Å². The molecule has 0 aliphatic rings. The van der Waals surface area contributed by atoms with Crippen LogP contribution in [0.25, 0.3) is 0 Å². The zero-order chi connectivity index (χ0) is 11.8. The Hall–Kier alpha value is -1.95. The van der Waals surface area contributed by atoms with Gasteiger partial charge >= 0.3 is 0 Å². The van der Waals surface area contributed by atoms with E-state index in [9.17, 15) is 0 Å². The Balaban J connectivity index is 2.55. The predicted octanol–water partition coefficient (Wildman–Crippen LogP) is 1.30. The molecule has 0 radical (unpaired) electrons. The average molecular weight is 236 g/mol. The van der Waals surface area contributed by atoms with Crippen molar-refractivity contribution in [2.75, 3.05) is 0 Å². The van der Waals surface area contributed by atoms with Crippen molar-refractivity contribution in [3.05, 3.63) is 42.6 Å². The SMILES string of the molecule is C/C(=N\NC(=S)NC=CO)c1ccccn1. The molecule has 0 aliphatic heterocycles. The van der Waals surface area contributed by atoms with Crippen LogP contribution in [0.2, 0.25) is 0 Å². The van der Waals surface area contributed by atoms with Crippen molar-refractivity contribution in [2.45, 2.75) is 6.92 Å². The molecule has 0 atom stereocenters. The Morgan fingerprint density at radius 3 is 3.00 bits per heavy atom. The number of hydrazone groups is 1. The Bertz CT molecular complexity index is 403. The number of aliphatic hydroxyl groups excluding tert-OH is 1. The second-order valence-electron chi connectivity index (χ2n) is 2.81. The summed E-state index contributed by atoms with van der Waals surface area (Å²) in [6.07, 6.45) is 3.84. The molecule has 1 aromatic heterocycles. The second kappa shape index (κ2) is 6.52. The molecule has 1 heterocycles. The summed E-state index contributed by atoms with van der Waals surface area (Å²) in [7, 11) is 0. The first kappa shape index (κ1) is 12.1. The topological polar surface area (TPSA) is 69.5 Å². The van der Waals surface area contributed by atoms with Crippen molar-refractivity contribution in [3.8, 4) is 0 Å². The van der Waals surface area contributed by atoms with Crippen molar-refractivity contribution in [2.24, 2.45) is 5.10 Å². The number of hydrogen-bond acceptors (Lipinski definition) is 4. The number of nitrogens with one attached hydrogen (secondary N) is 2. The number of thiocarbonyl (C=S) groups is 1. The van der Waals surface area contributed by atoms with Crippen LogP contribution in [0, 0.1) is 0 Å². The molecule has 0 bridgehead atoms. The van der Waals surface area contributed by atoms with Crippen molar-refractivity contribution in [1.82, 2.24) is 15.7 Å². The normalized spacial score (nSPS) is 11.4. The molecule has 0 unspecified atom stereocenters. The van der Waals surface area contributed by atoms with Crippen LogP contribution in [0.5, 0.6) is 0 Å². The molecule has 84 valence electrons. The Morgan fingerprint density at radius 1 is 1.56 bits per heavy atom. The van der Waals surface area contributed by atoms with E-state index in [1.807, 2.05) is 25.1 Å². The molecule has 6 heteroatoms. The zero-order valence-electron chi connectivity index (χ0n) is 8.71. The number of hydrogen-bond donors (Lipinski definition) is 3. The van der Waals surface area contributed by atoms with Crippen molar-refractivity contribution < 1.29 is 5.11 Å². The van der Waals surface area contributed by atoms with Crippen LogP contribution < -0.4 is 10.7 Å². The van der Waals surface area contributed by atoms with Crippen LogP contribution in [0.15, 0.2) is 42.0 Å². The van der Waals surface area contributed by atoms with Gasteiger partial charge in [0.1, 0.15) is 0 Å². The molecule has 16 heavy (non-hydrogen) atoms. The van der Waals surface area contributed by atoms with Gasteiger partial charge in [-0.05, 0) is 31.3 Å². The molecule has 1 aromatic rings. The first-order valence-electron chi connectivity index (χ1n) is 4.55. The Morgan fingerprint density at radius 2 is 2.38 bits per heavy atom. The molecule has 5 nitrogen and oxygen atoms in total. The summed E-state index contributed by atoms with van der Waals surface area (Å²) in [5.74, 6) is 0. The maximum Gasteiger partial charge on any atom is 0.191 e. The highest BCUT2D eigenvalue weighted by Gasteiger charge is 1.97. The summed E-state index contributed by atoms with van der Waals surface area (Å²) in [5, 5.41) is 15.3. The summed E-state index contributed by atoms with van der Waals surface area (Å²) in [5.41, 5.74) is 4.12. The lowest BCUT2D eigenvalue weighted by Crippen LogP contribution is -2.28. The number of nitrogens with zero attached hydrogens (tertiary/aromatic N) is 2. The highest BCUT2D eigenvalue weighted by Crippen LogP contribution is 1.94. The lowest BCUT2D eigenvalue weighted by Gasteiger charge is -2.03.